The number of carbonyl (C=O) groups is 2. The van der Waals surface area contributed by atoms with Gasteiger partial charge in [-0.1, -0.05) is 398 Å². The molecule has 0 saturated carbocycles. The van der Waals surface area contributed by atoms with Crippen LogP contribution in [0.25, 0.3) is 0 Å². The van der Waals surface area contributed by atoms with Crippen molar-refractivity contribution in [3.05, 3.63) is 12.2 Å². The second-order valence-corrected chi connectivity index (χ2v) is 27.0. The number of nitrogens with one attached hydrogen (secondary N) is 1. The maximum absolute atomic E-state index is 12.5. The van der Waals surface area contributed by atoms with Gasteiger partial charge in [-0.3, -0.25) is 9.59 Å². The highest BCUT2D eigenvalue weighted by atomic mass is 16.5. The predicted octanol–water partition coefficient (Wildman–Crippen LogP) is 25.5. The molecule has 0 saturated heterocycles. The molecule has 0 aliphatic rings. The summed E-state index contributed by atoms with van der Waals surface area (Å²) >= 11 is 0. The van der Waals surface area contributed by atoms with E-state index in [9.17, 15) is 19.8 Å². The maximum Gasteiger partial charge on any atom is 0.305 e. The molecule has 0 spiro atoms. The first kappa shape index (κ1) is 82.6. The van der Waals surface area contributed by atoms with E-state index in [1.165, 1.54) is 379 Å². The summed E-state index contributed by atoms with van der Waals surface area (Å²) in [4.78, 5) is 24.6. The molecule has 0 bridgehead atoms. The standard InChI is InChI=1S/C78H153NO5/c1-3-5-7-9-11-13-15-17-18-19-37-41-44-48-52-56-60-64-68-72-78(83)84-73-69-65-61-57-53-49-45-42-39-36-34-32-30-28-26-24-22-20-21-23-25-27-29-31-33-35-38-40-43-47-51-55-59-63-67-71-77(82)79-75(74-80)76(81)70-66-62-58-54-50-46-16-14-12-10-8-6-4-2/h22,24,75-76,80-81H,3-21,23,25-74H2,1-2H3,(H,79,82)/b24-22-. The Hall–Kier alpha value is -1.40. The van der Waals surface area contributed by atoms with Gasteiger partial charge in [-0.25, -0.2) is 0 Å². The van der Waals surface area contributed by atoms with Gasteiger partial charge in [0.25, 0.3) is 0 Å². The molecule has 0 aromatic carbocycles. The second-order valence-electron chi connectivity index (χ2n) is 27.0. The van der Waals surface area contributed by atoms with Crippen molar-refractivity contribution in [2.24, 2.45) is 0 Å². The fraction of sp³-hybridized carbons (Fsp3) is 0.949. The van der Waals surface area contributed by atoms with Crippen LogP contribution in [0.2, 0.25) is 0 Å². The average molecular weight is 1190 g/mol. The van der Waals surface area contributed by atoms with Crippen molar-refractivity contribution >= 4 is 11.9 Å². The van der Waals surface area contributed by atoms with Gasteiger partial charge in [-0.2, -0.15) is 0 Å². The molecule has 0 aromatic rings. The number of allylic oxidation sites excluding steroid dienone is 2. The molecule has 2 atom stereocenters. The molecule has 3 N–H and O–H groups in total. The third-order valence-electron chi connectivity index (χ3n) is 18.6. The summed E-state index contributed by atoms with van der Waals surface area (Å²) in [6, 6.07) is -0.537. The van der Waals surface area contributed by atoms with E-state index in [2.05, 4.69) is 31.3 Å². The van der Waals surface area contributed by atoms with Crippen LogP contribution in [0.15, 0.2) is 12.2 Å². The first-order valence-electron chi connectivity index (χ1n) is 38.9. The summed E-state index contributed by atoms with van der Waals surface area (Å²) in [6.45, 7) is 5.00. The summed E-state index contributed by atoms with van der Waals surface area (Å²) in [5, 5.41) is 23.3. The highest BCUT2D eigenvalue weighted by Crippen LogP contribution is 2.20. The van der Waals surface area contributed by atoms with Crippen LogP contribution in [0, 0.1) is 0 Å². The number of hydrogen-bond donors (Lipinski definition) is 3. The number of hydrogen-bond acceptors (Lipinski definition) is 5. The van der Waals surface area contributed by atoms with Crippen molar-refractivity contribution in [3.8, 4) is 0 Å². The Morgan fingerprint density at radius 1 is 0.321 bits per heavy atom. The Morgan fingerprint density at radius 3 is 0.845 bits per heavy atom. The van der Waals surface area contributed by atoms with Gasteiger partial charge in [0.2, 0.25) is 5.91 Å². The number of unbranched alkanes of at least 4 members (excludes halogenated alkanes) is 61. The molecule has 0 radical (unpaired) electrons. The van der Waals surface area contributed by atoms with E-state index < -0.39 is 12.1 Å². The highest BCUT2D eigenvalue weighted by molar-refractivity contribution is 5.76. The van der Waals surface area contributed by atoms with Crippen LogP contribution in [0.3, 0.4) is 0 Å². The van der Waals surface area contributed by atoms with E-state index in [-0.39, 0.29) is 18.5 Å². The Morgan fingerprint density at radius 2 is 0.560 bits per heavy atom. The maximum atomic E-state index is 12.5. The van der Waals surface area contributed by atoms with Crippen molar-refractivity contribution in [3.63, 3.8) is 0 Å². The Balaban J connectivity index is 3.30. The lowest BCUT2D eigenvalue weighted by Gasteiger charge is -2.22. The Labute approximate surface area is 527 Å². The highest BCUT2D eigenvalue weighted by Gasteiger charge is 2.20. The number of ether oxygens (including phenoxy) is 1. The molecule has 84 heavy (non-hydrogen) atoms. The van der Waals surface area contributed by atoms with Crippen LogP contribution < -0.4 is 5.32 Å². The average Bonchev–Trinajstić information content (AvgIpc) is 3.54. The molecular weight excluding hydrogens is 1030 g/mol. The van der Waals surface area contributed by atoms with E-state index in [1.54, 1.807) is 0 Å². The zero-order valence-corrected chi connectivity index (χ0v) is 57.4. The third-order valence-corrected chi connectivity index (χ3v) is 18.6. The first-order valence-corrected chi connectivity index (χ1v) is 38.9. The van der Waals surface area contributed by atoms with Crippen molar-refractivity contribution < 1.29 is 24.5 Å². The largest absolute Gasteiger partial charge is 0.466 e. The molecule has 1 amide bonds. The number of aliphatic hydroxyl groups is 2. The zero-order chi connectivity index (χ0) is 60.6. The van der Waals surface area contributed by atoms with Crippen LogP contribution in [-0.4, -0.2) is 47.4 Å². The summed E-state index contributed by atoms with van der Waals surface area (Å²) in [5.74, 6) is -0.00237. The SMILES string of the molecule is CCCCCCCCCCCCCCCCCCCCCC(=O)OCCCCCCCCCCCCCCCC/C=C\CCCCCCCCCCCCCCCCCCCC(=O)NC(CO)C(O)CCCCCCCCCCCCCCC. The van der Waals surface area contributed by atoms with Gasteiger partial charge in [0, 0.05) is 12.8 Å². The van der Waals surface area contributed by atoms with Crippen LogP contribution in [0.1, 0.15) is 450 Å². The van der Waals surface area contributed by atoms with Crippen molar-refractivity contribution in [1.29, 1.82) is 0 Å². The fourth-order valence-corrected chi connectivity index (χ4v) is 12.6. The van der Waals surface area contributed by atoms with Crippen molar-refractivity contribution in [2.45, 2.75) is 463 Å². The smallest absolute Gasteiger partial charge is 0.305 e. The molecule has 6 nitrogen and oxygen atoms in total. The molecule has 6 heteroatoms. The zero-order valence-electron chi connectivity index (χ0n) is 57.4. The molecule has 500 valence electrons. The van der Waals surface area contributed by atoms with Gasteiger partial charge >= 0.3 is 5.97 Å². The normalized spacial score (nSPS) is 12.5. The second kappa shape index (κ2) is 74.1. The molecule has 0 heterocycles. The molecule has 0 rings (SSSR count). The van der Waals surface area contributed by atoms with Gasteiger partial charge < -0.3 is 20.3 Å². The molecule has 0 aromatic heterocycles. The minimum Gasteiger partial charge on any atom is -0.466 e. The lowest BCUT2D eigenvalue weighted by atomic mass is 10.0. The summed E-state index contributed by atoms with van der Waals surface area (Å²) < 4.78 is 5.52. The Kier molecular flexibility index (Phi) is 72.8. The van der Waals surface area contributed by atoms with E-state index in [1.807, 2.05) is 0 Å². The van der Waals surface area contributed by atoms with Crippen molar-refractivity contribution in [2.75, 3.05) is 13.2 Å². The third kappa shape index (κ3) is 69.7. The minimum absolute atomic E-state index is 0.0262. The van der Waals surface area contributed by atoms with Gasteiger partial charge in [0.15, 0.2) is 0 Å². The lowest BCUT2D eigenvalue weighted by molar-refractivity contribution is -0.143. The number of rotatable bonds is 74. The summed E-state index contributed by atoms with van der Waals surface area (Å²) in [5.41, 5.74) is 0. The topological polar surface area (TPSA) is 95.9 Å². The van der Waals surface area contributed by atoms with Crippen LogP contribution in [0.4, 0.5) is 0 Å². The monoisotopic (exact) mass is 1180 g/mol. The number of esters is 1. The van der Waals surface area contributed by atoms with E-state index >= 15 is 0 Å². The molecule has 0 fully saturated rings. The lowest BCUT2D eigenvalue weighted by Crippen LogP contribution is -2.45. The quantitative estimate of drug-likeness (QED) is 0.0320. The predicted molar refractivity (Wildman–Crippen MR) is 370 cm³/mol. The summed E-state index contributed by atoms with van der Waals surface area (Å²) in [6.07, 6.45) is 93.1. The van der Waals surface area contributed by atoms with Crippen LogP contribution in [0.5, 0.6) is 0 Å². The van der Waals surface area contributed by atoms with Crippen LogP contribution in [-0.2, 0) is 14.3 Å². The molecular formula is C78H153NO5. The van der Waals surface area contributed by atoms with E-state index in [0.717, 1.165) is 38.5 Å². The van der Waals surface area contributed by atoms with Gasteiger partial charge in [-0.05, 0) is 51.4 Å². The minimum atomic E-state index is -0.660. The van der Waals surface area contributed by atoms with Gasteiger partial charge in [0.1, 0.15) is 0 Å². The number of aliphatic hydroxyl groups excluding tert-OH is 2. The van der Waals surface area contributed by atoms with Gasteiger partial charge in [-0.15, -0.1) is 0 Å². The molecule has 0 aliphatic heterocycles. The number of amides is 1. The molecule has 2 unspecified atom stereocenters. The summed E-state index contributed by atoms with van der Waals surface area (Å²) in [7, 11) is 0. The number of carbonyl (C=O) groups excluding carboxylic acids is 2. The van der Waals surface area contributed by atoms with Crippen molar-refractivity contribution in [1.82, 2.24) is 5.32 Å². The molecule has 0 aliphatic carbocycles. The van der Waals surface area contributed by atoms with Crippen LogP contribution >= 0.6 is 0 Å². The first-order chi connectivity index (χ1) is 41.5. The fourth-order valence-electron chi connectivity index (χ4n) is 12.6. The van der Waals surface area contributed by atoms with E-state index in [0.29, 0.717) is 25.9 Å². The Bertz CT molecular complexity index is 1270. The van der Waals surface area contributed by atoms with E-state index in [4.69, 9.17) is 4.74 Å². The van der Waals surface area contributed by atoms with Gasteiger partial charge in [0.05, 0.1) is 25.4 Å².